The number of aromatic hydroxyl groups is 3. The van der Waals surface area contributed by atoms with Crippen LogP contribution in [0.5, 0.6) is 28.7 Å². The Morgan fingerprint density at radius 2 is 1.69 bits per heavy atom. The average Bonchev–Trinajstić information content (AvgIpc) is 2.83. The quantitative estimate of drug-likeness (QED) is 0.279. The summed E-state index contributed by atoms with van der Waals surface area (Å²) in [5.41, 5.74) is 1.57. The van der Waals surface area contributed by atoms with Crippen LogP contribution < -0.4 is 14.9 Å². The SMILES string of the molecule is C=C(C)C(O)Cc1cc(-c2oc3cc(O)c(OC)c(O)c3c(=O)c2OC)cc(CC=C(C)CO)c1O. The van der Waals surface area contributed by atoms with Gasteiger partial charge in [-0.05, 0) is 43.5 Å². The van der Waals surface area contributed by atoms with Gasteiger partial charge in [-0.15, -0.1) is 0 Å². The first kappa shape index (κ1) is 26.7. The van der Waals surface area contributed by atoms with Crippen molar-refractivity contribution in [1.82, 2.24) is 0 Å². The van der Waals surface area contributed by atoms with Crippen molar-refractivity contribution < 1.29 is 39.4 Å². The van der Waals surface area contributed by atoms with Crippen molar-refractivity contribution in [2.75, 3.05) is 20.8 Å². The van der Waals surface area contributed by atoms with Crippen molar-refractivity contribution in [2.24, 2.45) is 0 Å². The summed E-state index contributed by atoms with van der Waals surface area (Å²) in [4.78, 5) is 13.3. The molecule has 0 saturated heterocycles. The third-order valence-electron chi connectivity index (χ3n) is 5.89. The van der Waals surface area contributed by atoms with Gasteiger partial charge in [0.15, 0.2) is 17.3 Å². The van der Waals surface area contributed by atoms with E-state index in [1.54, 1.807) is 32.1 Å². The third kappa shape index (κ3) is 5.02. The molecule has 9 heteroatoms. The van der Waals surface area contributed by atoms with Crippen molar-refractivity contribution in [1.29, 1.82) is 0 Å². The summed E-state index contributed by atoms with van der Waals surface area (Å²) in [6, 6.07) is 4.31. The standard InChI is InChI=1S/C27H30O9/c1-13(2)18(29)10-16-9-17(8-15(22(16)31)7-6-14(3)12-28)25-27(35-5)24(33)21-20(36-25)11-19(30)26(34-4)23(21)32/h6,8-9,11,18,28-32H,1,7,10,12H2,2-5H3. The number of hydrogen-bond acceptors (Lipinski definition) is 9. The number of phenolic OH excluding ortho intramolecular Hbond substituents is 3. The zero-order chi connectivity index (χ0) is 26.7. The monoisotopic (exact) mass is 498 g/mol. The molecule has 1 aromatic heterocycles. The van der Waals surface area contributed by atoms with E-state index in [1.165, 1.54) is 14.2 Å². The first-order valence-corrected chi connectivity index (χ1v) is 11.1. The molecule has 0 aliphatic heterocycles. The van der Waals surface area contributed by atoms with Crippen molar-refractivity contribution in [3.63, 3.8) is 0 Å². The molecule has 3 aromatic rings. The molecule has 0 amide bonds. The highest BCUT2D eigenvalue weighted by molar-refractivity contribution is 5.91. The fourth-order valence-corrected chi connectivity index (χ4v) is 3.80. The normalized spacial score (nSPS) is 12.6. The van der Waals surface area contributed by atoms with E-state index in [1.807, 2.05) is 0 Å². The number of aliphatic hydroxyl groups is 2. The number of fused-ring (bicyclic) bond motifs is 1. The van der Waals surface area contributed by atoms with Crippen LogP contribution in [0.4, 0.5) is 0 Å². The molecule has 0 saturated carbocycles. The summed E-state index contributed by atoms with van der Waals surface area (Å²) in [7, 11) is 2.51. The van der Waals surface area contributed by atoms with Gasteiger partial charge in [0.25, 0.3) is 0 Å². The molecule has 0 fully saturated rings. The van der Waals surface area contributed by atoms with Crippen molar-refractivity contribution in [3.8, 4) is 40.1 Å². The first-order valence-electron chi connectivity index (χ1n) is 11.1. The van der Waals surface area contributed by atoms with Crippen LogP contribution in [-0.4, -0.2) is 52.5 Å². The van der Waals surface area contributed by atoms with Crippen molar-refractivity contribution in [3.05, 3.63) is 63.4 Å². The zero-order valence-corrected chi connectivity index (χ0v) is 20.6. The van der Waals surface area contributed by atoms with Crippen LogP contribution >= 0.6 is 0 Å². The highest BCUT2D eigenvalue weighted by Crippen LogP contribution is 2.44. The Balaban J connectivity index is 2.34. The van der Waals surface area contributed by atoms with Gasteiger partial charge in [0.05, 0.1) is 26.9 Å². The molecule has 0 radical (unpaired) electrons. The zero-order valence-electron chi connectivity index (χ0n) is 20.6. The summed E-state index contributed by atoms with van der Waals surface area (Å²) in [6.07, 6.45) is 1.11. The fourth-order valence-electron chi connectivity index (χ4n) is 3.80. The molecule has 0 aliphatic carbocycles. The molecular weight excluding hydrogens is 468 g/mol. The van der Waals surface area contributed by atoms with E-state index >= 15 is 0 Å². The second-order valence-electron chi connectivity index (χ2n) is 8.57. The molecule has 1 heterocycles. The summed E-state index contributed by atoms with van der Waals surface area (Å²) in [5, 5.41) is 51.2. The smallest absolute Gasteiger partial charge is 0.239 e. The molecule has 9 nitrogen and oxygen atoms in total. The van der Waals surface area contributed by atoms with Crippen molar-refractivity contribution >= 4 is 11.0 Å². The molecule has 36 heavy (non-hydrogen) atoms. The van der Waals surface area contributed by atoms with Gasteiger partial charge in [0, 0.05) is 18.1 Å². The molecule has 192 valence electrons. The Labute approximate surface area is 207 Å². The summed E-state index contributed by atoms with van der Waals surface area (Å²) < 4.78 is 16.3. The largest absolute Gasteiger partial charge is 0.507 e. The van der Waals surface area contributed by atoms with Crippen LogP contribution in [0.1, 0.15) is 25.0 Å². The highest BCUT2D eigenvalue weighted by atomic mass is 16.5. The van der Waals surface area contributed by atoms with Crippen LogP contribution in [0.3, 0.4) is 0 Å². The lowest BCUT2D eigenvalue weighted by Gasteiger charge is -2.17. The molecule has 0 aliphatic rings. The van der Waals surface area contributed by atoms with Crippen LogP contribution in [0.25, 0.3) is 22.3 Å². The second-order valence-corrected chi connectivity index (χ2v) is 8.57. The average molecular weight is 499 g/mol. The maximum Gasteiger partial charge on any atom is 0.239 e. The molecule has 3 rings (SSSR count). The van der Waals surface area contributed by atoms with E-state index < -0.39 is 23.0 Å². The van der Waals surface area contributed by atoms with Crippen LogP contribution in [-0.2, 0) is 12.8 Å². The lowest BCUT2D eigenvalue weighted by molar-refractivity contribution is 0.210. The fraction of sp³-hybridized carbons (Fsp3) is 0.296. The van der Waals surface area contributed by atoms with E-state index in [0.29, 0.717) is 27.8 Å². The van der Waals surface area contributed by atoms with E-state index in [-0.39, 0.29) is 53.4 Å². The van der Waals surface area contributed by atoms with Gasteiger partial charge in [-0.3, -0.25) is 4.79 Å². The lowest BCUT2D eigenvalue weighted by Crippen LogP contribution is -2.12. The third-order valence-corrected chi connectivity index (χ3v) is 5.89. The number of hydrogen-bond donors (Lipinski definition) is 5. The minimum absolute atomic E-state index is 0.00542. The molecule has 2 aromatic carbocycles. The Kier molecular flexibility index (Phi) is 7.96. The van der Waals surface area contributed by atoms with Crippen LogP contribution in [0.15, 0.2) is 51.2 Å². The predicted octanol–water partition coefficient (Wildman–Crippen LogP) is 3.55. The Bertz CT molecular complexity index is 1400. The van der Waals surface area contributed by atoms with Crippen LogP contribution in [0, 0.1) is 0 Å². The van der Waals surface area contributed by atoms with Gasteiger partial charge in [0.2, 0.25) is 16.9 Å². The van der Waals surface area contributed by atoms with Gasteiger partial charge in [-0.1, -0.05) is 23.8 Å². The van der Waals surface area contributed by atoms with Gasteiger partial charge < -0.3 is 39.4 Å². The van der Waals surface area contributed by atoms with Gasteiger partial charge in [-0.25, -0.2) is 0 Å². The Hall–Kier alpha value is -3.95. The maximum atomic E-state index is 13.3. The van der Waals surface area contributed by atoms with E-state index in [4.69, 9.17) is 13.9 Å². The van der Waals surface area contributed by atoms with E-state index in [0.717, 1.165) is 6.07 Å². The summed E-state index contributed by atoms with van der Waals surface area (Å²) >= 11 is 0. The minimum atomic E-state index is -0.930. The Morgan fingerprint density at radius 3 is 2.28 bits per heavy atom. The second kappa shape index (κ2) is 10.8. The van der Waals surface area contributed by atoms with Gasteiger partial charge in [0.1, 0.15) is 16.7 Å². The summed E-state index contributed by atoms with van der Waals surface area (Å²) in [5.74, 6) is -1.57. The number of benzene rings is 2. The number of phenols is 3. The lowest BCUT2D eigenvalue weighted by atomic mass is 9.94. The molecular formula is C27H30O9. The van der Waals surface area contributed by atoms with E-state index in [2.05, 4.69) is 6.58 Å². The number of ether oxygens (including phenoxy) is 2. The van der Waals surface area contributed by atoms with Gasteiger partial charge >= 0.3 is 0 Å². The maximum absolute atomic E-state index is 13.3. The molecule has 0 bridgehead atoms. The van der Waals surface area contributed by atoms with E-state index in [9.17, 15) is 30.3 Å². The topological polar surface area (TPSA) is 150 Å². The highest BCUT2D eigenvalue weighted by Gasteiger charge is 2.25. The molecule has 0 spiro atoms. The minimum Gasteiger partial charge on any atom is -0.507 e. The predicted molar refractivity (Wildman–Crippen MR) is 135 cm³/mol. The van der Waals surface area contributed by atoms with Crippen LogP contribution in [0.2, 0.25) is 0 Å². The molecule has 1 unspecified atom stereocenters. The first-order chi connectivity index (χ1) is 17.0. The number of methoxy groups -OCH3 is 2. The number of allylic oxidation sites excluding steroid dienone is 1. The van der Waals surface area contributed by atoms with Crippen molar-refractivity contribution in [2.45, 2.75) is 32.8 Å². The summed E-state index contributed by atoms with van der Waals surface area (Å²) in [6.45, 7) is 7.01. The number of aliphatic hydroxyl groups excluding tert-OH is 2. The Morgan fingerprint density at radius 1 is 1.06 bits per heavy atom. The molecule has 1 atom stereocenters. The molecule has 5 N–H and O–H groups in total. The van der Waals surface area contributed by atoms with Gasteiger partial charge in [-0.2, -0.15) is 0 Å². The number of rotatable bonds is 9.